The van der Waals surface area contributed by atoms with Gasteiger partial charge in [0.05, 0.1) is 0 Å². The van der Waals surface area contributed by atoms with Crippen LogP contribution in [-0.2, 0) is 6.54 Å². The van der Waals surface area contributed by atoms with Gasteiger partial charge in [-0.25, -0.2) is 0 Å². The molecule has 0 aliphatic rings. The number of rotatable bonds is 3. The minimum atomic E-state index is 0.759. The molecule has 0 fully saturated rings. The van der Waals surface area contributed by atoms with E-state index in [0.29, 0.717) is 0 Å². The van der Waals surface area contributed by atoms with Crippen molar-refractivity contribution in [3.63, 3.8) is 0 Å². The standard InChI is InChI=1S/C14H13BrClN/c1-10-8-11(2-7-14(10)15)9-17-13-5-3-12(16)4-6-13/h2-8,17H,9H2,1H3. The van der Waals surface area contributed by atoms with Crippen LogP contribution in [0.15, 0.2) is 46.9 Å². The summed E-state index contributed by atoms with van der Waals surface area (Å²) in [5.74, 6) is 0. The number of hydrogen-bond donors (Lipinski definition) is 1. The Hall–Kier alpha value is -0.990. The van der Waals surface area contributed by atoms with Crippen molar-refractivity contribution in [1.29, 1.82) is 0 Å². The summed E-state index contributed by atoms with van der Waals surface area (Å²) < 4.78 is 1.15. The third-order valence-electron chi connectivity index (χ3n) is 2.56. The molecule has 0 saturated carbocycles. The zero-order valence-corrected chi connectivity index (χ0v) is 11.8. The van der Waals surface area contributed by atoms with Gasteiger partial charge in [0.15, 0.2) is 0 Å². The fraction of sp³-hybridized carbons (Fsp3) is 0.143. The normalized spacial score (nSPS) is 10.3. The van der Waals surface area contributed by atoms with Gasteiger partial charge in [-0.2, -0.15) is 0 Å². The molecular weight excluding hydrogens is 298 g/mol. The molecule has 0 radical (unpaired) electrons. The summed E-state index contributed by atoms with van der Waals surface area (Å²) in [6.45, 7) is 2.91. The lowest BCUT2D eigenvalue weighted by atomic mass is 10.1. The third kappa shape index (κ3) is 3.48. The van der Waals surface area contributed by atoms with Crippen molar-refractivity contribution < 1.29 is 0 Å². The van der Waals surface area contributed by atoms with E-state index in [-0.39, 0.29) is 0 Å². The molecular formula is C14H13BrClN. The number of halogens is 2. The summed E-state index contributed by atoms with van der Waals surface area (Å²) in [6, 6.07) is 14.1. The molecule has 2 aromatic carbocycles. The second-order valence-corrected chi connectivity index (χ2v) is 5.23. The van der Waals surface area contributed by atoms with E-state index in [1.807, 2.05) is 24.3 Å². The highest BCUT2D eigenvalue weighted by Gasteiger charge is 1.98. The molecule has 3 heteroatoms. The van der Waals surface area contributed by atoms with E-state index in [2.05, 4.69) is 46.4 Å². The maximum absolute atomic E-state index is 5.83. The number of benzene rings is 2. The lowest BCUT2D eigenvalue weighted by Crippen LogP contribution is -1.99. The summed E-state index contributed by atoms with van der Waals surface area (Å²) in [6.07, 6.45) is 0. The van der Waals surface area contributed by atoms with Crippen molar-refractivity contribution in [3.8, 4) is 0 Å². The van der Waals surface area contributed by atoms with E-state index >= 15 is 0 Å². The van der Waals surface area contributed by atoms with Gasteiger partial charge in [-0.15, -0.1) is 0 Å². The average molecular weight is 311 g/mol. The van der Waals surface area contributed by atoms with E-state index in [1.165, 1.54) is 11.1 Å². The monoisotopic (exact) mass is 309 g/mol. The van der Waals surface area contributed by atoms with Gasteiger partial charge < -0.3 is 5.32 Å². The highest BCUT2D eigenvalue weighted by Crippen LogP contribution is 2.18. The van der Waals surface area contributed by atoms with Crippen LogP contribution in [0.2, 0.25) is 5.02 Å². The summed E-state index contributed by atoms with van der Waals surface area (Å²) in [5, 5.41) is 4.12. The molecule has 0 aliphatic carbocycles. The number of aryl methyl sites for hydroxylation is 1. The minimum Gasteiger partial charge on any atom is -0.381 e. The Labute approximate surface area is 115 Å². The Morgan fingerprint density at radius 1 is 1.12 bits per heavy atom. The van der Waals surface area contributed by atoms with E-state index in [0.717, 1.165) is 21.7 Å². The van der Waals surface area contributed by atoms with Crippen LogP contribution in [0.3, 0.4) is 0 Å². The zero-order chi connectivity index (χ0) is 12.3. The number of anilines is 1. The molecule has 1 N–H and O–H groups in total. The maximum Gasteiger partial charge on any atom is 0.0407 e. The van der Waals surface area contributed by atoms with Gasteiger partial charge >= 0.3 is 0 Å². The molecule has 2 aromatic rings. The molecule has 0 unspecified atom stereocenters. The molecule has 17 heavy (non-hydrogen) atoms. The number of nitrogens with one attached hydrogen (secondary N) is 1. The quantitative estimate of drug-likeness (QED) is 0.839. The molecule has 1 nitrogen and oxygen atoms in total. The van der Waals surface area contributed by atoms with E-state index in [1.54, 1.807) is 0 Å². The molecule has 2 rings (SSSR count). The van der Waals surface area contributed by atoms with Gasteiger partial charge in [-0.3, -0.25) is 0 Å². The maximum atomic E-state index is 5.83. The molecule has 0 heterocycles. The molecule has 0 aliphatic heterocycles. The highest BCUT2D eigenvalue weighted by molar-refractivity contribution is 9.10. The Kier molecular flexibility index (Phi) is 4.08. The second kappa shape index (κ2) is 5.56. The Bertz CT molecular complexity index is 508. The van der Waals surface area contributed by atoms with Gasteiger partial charge in [0.1, 0.15) is 0 Å². The largest absolute Gasteiger partial charge is 0.381 e. The highest BCUT2D eigenvalue weighted by atomic mass is 79.9. The fourth-order valence-corrected chi connectivity index (χ4v) is 1.96. The Balaban J connectivity index is 2.02. The predicted molar refractivity (Wildman–Crippen MR) is 77.7 cm³/mol. The van der Waals surface area contributed by atoms with E-state index in [4.69, 9.17) is 11.6 Å². The summed E-state index contributed by atoms with van der Waals surface area (Å²) in [7, 11) is 0. The van der Waals surface area contributed by atoms with Crippen molar-refractivity contribution in [1.82, 2.24) is 0 Å². The molecule has 0 saturated heterocycles. The van der Waals surface area contributed by atoms with Gasteiger partial charge in [0.25, 0.3) is 0 Å². The summed E-state index contributed by atoms with van der Waals surface area (Å²) in [5.41, 5.74) is 3.59. The Morgan fingerprint density at radius 2 is 1.82 bits per heavy atom. The van der Waals surface area contributed by atoms with Crippen molar-refractivity contribution in [3.05, 3.63) is 63.1 Å². The molecule has 0 aromatic heterocycles. The first-order chi connectivity index (χ1) is 8.15. The summed E-state index contributed by atoms with van der Waals surface area (Å²) in [4.78, 5) is 0. The number of hydrogen-bond acceptors (Lipinski definition) is 1. The fourth-order valence-electron chi connectivity index (χ4n) is 1.59. The second-order valence-electron chi connectivity index (χ2n) is 3.94. The van der Waals surface area contributed by atoms with Crippen LogP contribution in [0.25, 0.3) is 0 Å². The van der Waals surface area contributed by atoms with E-state index in [9.17, 15) is 0 Å². The molecule has 0 amide bonds. The molecule has 0 atom stereocenters. The van der Waals surface area contributed by atoms with Crippen LogP contribution in [0.5, 0.6) is 0 Å². The first-order valence-corrected chi connectivity index (χ1v) is 6.57. The Morgan fingerprint density at radius 3 is 2.47 bits per heavy atom. The smallest absolute Gasteiger partial charge is 0.0407 e. The lowest BCUT2D eigenvalue weighted by Gasteiger charge is -2.08. The van der Waals surface area contributed by atoms with Crippen molar-refractivity contribution >= 4 is 33.2 Å². The van der Waals surface area contributed by atoms with Gasteiger partial charge in [0.2, 0.25) is 0 Å². The van der Waals surface area contributed by atoms with Crippen molar-refractivity contribution in [2.75, 3.05) is 5.32 Å². The topological polar surface area (TPSA) is 12.0 Å². The lowest BCUT2D eigenvalue weighted by molar-refractivity contribution is 1.14. The van der Waals surface area contributed by atoms with Gasteiger partial charge in [0, 0.05) is 21.7 Å². The van der Waals surface area contributed by atoms with Crippen molar-refractivity contribution in [2.24, 2.45) is 0 Å². The van der Waals surface area contributed by atoms with Crippen LogP contribution in [0.1, 0.15) is 11.1 Å². The minimum absolute atomic E-state index is 0.759. The first kappa shape index (κ1) is 12.5. The van der Waals surface area contributed by atoms with Crippen LogP contribution in [-0.4, -0.2) is 0 Å². The SMILES string of the molecule is Cc1cc(CNc2ccc(Cl)cc2)ccc1Br. The first-order valence-electron chi connectivity index (χ1n) is 5.39. The van der Waals surface area contributed by atoms with Crippen LogP contribution < -0.4 is 5.32 Å². The molecule has 0 bridgehead atoms. The third-order valence-corrected chi connectivity index (χ3v) is 3.70. The average Bonchev–Trinajstić information content (AvgIpc) is 2.33. The van der Waals surface area contributed by atoms with E-state index < -0.39 is 0 Å². The van der Waals surface area contributed by atoms with Crippen LogP contribution >= 0.6 is 27.5 Å². The predicted octanol–water partition coefficient (Wildman–Crippen LogP) is 5.02. The molecule has 0 spiro atoms. The van der Waals surface area contributed by atoms with Crippen LogP contribution in [0.4, 0.5) is 5.69 Å². The zero-order valence-electron chi connectivity index (χ0n) is 9.50. The van der Waals surface area contributed by atoms with Gasteiger partial charge in [-0.05, 0) is 48.4 Å². The van der Waals surface area contributed by atoms with Gasteiger partial charge in [-0.1, -0.05) is 39.7 Å². The molecule has 88 valence electrons. The van der Waals surface area contributed by atoms with Crippen molar-refractivity contribution in [2.45, 2.75) is 13.5 Å². The van der Waals surface area contributed by atoms with Crippen LogP contribution in [0, 0.1) is 6.92 Å². The summed E-state index contributed by atoms with van der Waals surface area (Å²) >= 11 is 9.33.